The van der Waals surface area contributed by atoms with Crippen LogP contribution in [0.4, 0.5) is 0 Å². The lowest BCUT2D eigenvalue weighted by Gasteiger charge is -2.03. The molecule has 0 aromatic rings. The van der Waals surface area contributed by atoms with Gasteiger partial charge in [-0.15, -0.1) is 0 Å². The monoisotopic (exact) mass is 118 g/mol. The summed E-state index contributed by atoms with van der Waals surface area (Å²) in [4.78, 5) is 0. The fourth-order valence-electron chi connectivity index (χ4n) is 0.720. The van der Waals surface area contributed by atoms with Gasteiger partial charge in [0.15, 0.2) is 0 Å². The number of hydrogen-bond donors (Lipinski definition) is 1. The lowest BCUT2D eigenvalue weighted by Crippen LogP contribution is -2.11. The fraction of sp³-hybridized carbons (Fsp3) is 1.00. The first kappa shape index (κ1) is 5.45. The third-order valence-electron chi connectivity index (χ3n) is 1.34. The first-order valence-electron chi connectivity index (χ1n) is 2.60. The van der Waals surface area contributed by atoms with Crippen molar-refractivity contribution < 1.29 is 5.11 Å². The predicted molar refractivity (Wildman–Crippen MR) is 32.5 cm³/mol. The van der Waals surface area contributed by atoms with Crippen LogP contribution in [0.1, 0.15) is 13.3 Å². The molecule has 2 heteroatoms. The van der Waals surface area contributed by atoms with Gasteiger partial charge < -0.3 is 5.11 Å². The van der Waals surface area contributed by atoms with Crippen LogP contribution < -0.4 is 0 Å². The zero-order chi connectivity index (χ0) is 5.28. The Labute approximate surface area is 48.1 Å². The Balaban J connectivity index is 2.33. The van der Waals surface area contributed by atoms with Crippen molar-refractivity contribution in [2.75, 3.05) is 5.75 Å². The molecular weight excluding hydrogens is 108 g/mol. The number of hydrogen-bond acceptors (Lipinski definition) is 2. The van der Waals surface area contributed by atoms with Crippen molar-refractivity contribution in [2.24, 2.45) is 0 Å². The van der Waals surface area contributed by atoms with E-state index in [1.807, 2.05) is 11.8 Å². The van der Waals surface area contributed by atoms with E-state index < -0.39 is 0 Å². The zero-order valence-corrected chi connectivity index (χ0v) is 5.24. The van der Waals surface area contributed by atoms with Gasteiger partial charge in [0, 0.05) is 5.25 Å². The normalized spacial score (nSPS) is 42.0. The van der Waals surface area contributed by atoms with Crippen LogP contribution >= 0.6 is 11.8 Å². The van der Waals surface area contributed by atoms with Crippen molar-refractivity contribution in [1.82, 2.24) is 0 Å². The summed E-state index contributed by atoms with van der Waals surface area (Å²) in [5.41, 5.74) is 0. The van der Waals surface area contributed by atoms with Gasteiger partial charge in [0.05, 0.1) is 6.10 Å². The maximum Gasteiger partial charge on any atom is 0.0663 e. The predicted octanol–water partition coefficient (Wildman–Crippen LogP) is 0.873. The summed E-state index contributed by atoms with van der Waals surface area (Å²) in [5, 5.41) is 9.46. The molecule has 2 atom stereocenters. The van der Waals surface area contributed by atoms with Crippen molar-refractivity contribution in [3.05, 3.63) is 0 Å². The zero-order valence-electron chi connectivity index (χ0n) is 4.42. The maximum absolute atomic E-state index is 8.98. The maximum atomic E-state index is 8.98. The summed E-state index contributed by atoms with van der Waals surface area (Å²) in [7, 11) is 0. The lowest BCUT2D eigenvalue weighted by molar-refractivity contribution is 0.180. The minimum atomic E-state index is -0.0231. The van der Waals surface area contributed by atoms with Crippen molar-refractivity contribution in [3.63, 3.8) is 0 Å². The first-order valence-corrected chi connectivity index (χ1v) is 3.65. The van der Waals surface area contributed by atoms with Gasteiger partial charge in [0.2, 0.25) is 0 Å². The van der Waals surface area contributed by atoms with Crippen LogP contribution in [0.5, 0.6) is 0 Å². The number of rotatable bonds is 0. The van der Waals surface area contributed by atoms with Crippen molar-refractivity contribution in [3.8, 4) is 0 Å². The highest BCUT2D eigenvalue weighted by atomic mass is 32.2. The third kappa shape index (κ3) is 1.10. The molecule has 0 radical (unpaired) electrons. The molecule has 0 saturated carbocycles. The Bertz CT molecular complexity index is 57.1. The number of aliphatic hydroxyl groups is 1. The minimum Gasteiger partial charge on any atom is -0.392 e. The highest BCUT2D eigenvalue weighted by molar-refractivity contribution is 8.00. The molecule has 1 saturated heterocycles. The molecule has 1 heterocycles. The Hall–Kier alpha value is 0.310. The van der Waals surface area contributed by atoms with E-state index in [9.17, 15) is 0 Å². The SMILES string of the molecule is C[C@H]1SCC[C@H]1O. The quantitative estimate of drug-likeness (QED) is 0.509. The van der Waals surface area contributed by atoms with E-state index in [0.717, 1.165) is 12.2 Å². The van der Waals surface area contributed by atoms with Gasteiger partial charge in [-0.2, -0.15) is 11.8 Å². The molecule has 1 aliphatic heterocycles. The second-order valence-corrected chi connectivity index (χ2v) is 3.42. The van der Waals surface area contributed by atoms with Crippen molar-refractivity contribution in [1.29, 1.82) is 0 Å². The second-order valence-electron chi connectivity index (χ2n) is 1.93. The van der Waals surface area contributed by atoms with E-state index in [-0.39, 0.29) is 6.10 Å². The average Bonchev–Trinajstić information content (AvgIpc) is 1.91. The van der Waals surface area contributed by atoms with Crippen LogP contribution in [0.25, 0.3) is 0 Å². The second kappa shape index (κ2) is 2.05. The molecular formula is C5H10OS. The summed E-state index contributed by atoms with van der Waals surface area (Å²) in [6, 6.07) is 0. The highest BCUT2D eigenvalue weighted by Crippen LogP contribution is 2.25. The number of thioether (sulfide) groups is 1. The van der Waals surface area contributed by atoms with E-state index in [4.69, 9.17) is 5.11 Å². The molecule has 0 amide bonds. The van der Waals surface area contributed by atoms with E-state index in [1.165, 1.54) is 0 Å². The lowest BCUT2D eigenvalue weighted by atomic mass is 10.2. The molecule has 1 aliphatic rings. The molecule has 0 unspecified atom stereocenters. The summed E-state index contributed by atoms with van der Waals surface area (Å²) >= 11 is 1.86. The summed E-state index contributed by atoms with van der Waals surface area (Å²) in [6.07, 6.45) is 0.969. The topological polar surface area (TPSA) is 20.2 Å². The van der Waals surface area contributed by atoms with E-state index in [0.29, 0.717) is 5.25 Å². The Morgan fingerprint density at radius 3 is 2.57 bits per heavy atom. The van der Waals surface area contributed by atoms with Crippen molar-refractivity contribution >= 4 is 11.8 Å². The summed E-state index contributed by atoms with van der Waals surface area (Å²) < 4.78 is 0. The molecule has 0 bridgehead atoms. The molecule has 1 N–H and O–H groups in total. The van der Waals surface area contributed by atoms with Crippen LogP contribution in [-0.2, 0) is 0 Å². The molecule has 1 rings (SSSR count). The van der Waals surface area contributed by atoms with Gasteiger partial charge in [-0.3, -0.25) is 0 Å². The first-order chi connectivity index (χ1) is 3.30. The minimum absolute atomic E-state index is 0.0231. The van der Waals surface area contributed by atoms with Crippen LogP contribution in [-0.4, -0.2) is 22.2 Å². The fourth-order valence-corrected chi connectivity index (χ4v) is 1.83. The Kier molecular flexibility index (Phi) is 1.60. The molecule has 1 nitrogen and oxygen atoms in total. The molecule has 0 aromatic heterocycles. The van der Waals surface area contributed by atoms with E-state index in [1.54, 1.807) is 0 Å². The molecule has 0 aromatic carbocycles. The average molecular weight is 118 g/mol. The molecule has 0 spiro atoms. The summed E-state index contributed by atoms with van der Waals surface area (Å²) in [6.45, 7) is 2.07. The molecule has 1 fully saturated rings. The van der Waals surface area contributed by atoms with Crippen LogP contribution in [0.2, 0.25) is 0 Å². The molecule has 7 heavy (non-hydrogen) atoms. The van der Waals surface area contributed by atoms with Gasteiger partial charge >= 0.3 is 0 Å². The van der Waals surface area contributed by atoms with Gasteiger partial charge in [-0.1, -0.05) is 6.92 Å². The Morgan fingerprint density at radius 2 is 2.43 bits per heavy atom. The standard InChI is InChI=1S/C5H10OS/c1-4-5(6)2-3-7-4/h4-6H,2-3H2,1H3/t4-,5-/m1/s1. The van der Waals surface area contributed by atoms with E-state index >= 15 is 0 Å². The van der Waals surface area contributed by atoms with Gasteiger partial charge in [0.25, 0.3) is 0 Å². The van der Waals surface area contributed by atoms with Gasteiger partial charge in [-0.05, 0) is 12.2 Å². The third-order valence-corrected chi connectivity index (χ3v) is 2.65. The Morgan fingerprint density at radius 1 is 1.71 bits per heavy atom. The highest BCUT2D eigenvalue weighted by Gasteiger charge is 2.20. The largest absolute Gasteiger partial charge is 0.392 e. The smallest absolute Gasteiger partial charge is 0.0663 e. The molecule has 0 aliphatic carbocycles. The van der Waals surface area contributed by atoms with Gasteiger partial charge in [0.1, 0.15) is 0 Å². The van der Waals surface area contributed by atoms with Crippen LogP contribution in [0.3, 0.4) is 0 Å². The van der Waals surface area contributed by atoms with Gasteiger partial charge in [-0.25, -0.2) is 0 Å². The van der Waals surface area contributed by atoms with Crippen molar-refractivity contribution in [2.45, 2.75) is 24.7 Å². The van der Waals surface area contributed by atoms with E-state index in [2.05, 4.69) is 6.92 Å². The van der Waals surface area contributed by atoms with Crippen LogP contribution in [0, 0.1) is 0 Å². The summed E-state index contributed by atoms with van der Waals surface area (Å²) in [5.74, 6) is 1.14. The molecule has 42 valence electrons. The van der Waals surface area contributed by atoms with Crippen LogP contribution in [0.15, 0.2) is 0 Å². The number of aliphatic hydroxyl groups excluding tert-OH is 1.